The molecule has 0 atom stereocenters. The average Bonchev–Trinajstić information content (AvgIpc) is 2.51. The maximum Gasteiger partial charge on any atom is 0.525 e. The van der Waals surface area contributed by atoms with Crippen LogP contribution < -0.4 is 0 Å². The largest absolute Gasteiger partial charge is 0.525 e. The number of rotatable bonds is 1. The van der Waals surface area contributed by atoms with Crippen molar-refractivity contribution < 1.29 is 19.5 Å². The van der Waals surface area contributed by atoms with Crippen LogP contribution in [0.15, 0.2) is 0 Å². The summed E-state index contributed by atoms with van der Waals surface area (Å²) in [6, 6.07) is 0. The highest BCUT2D eigenvalue weighted by Gasteiger charge is 2.47. The molecule has 1 spiro atoms. The molecule has 0 aromatic carbocycles. The predicted molar refractivity (Wildman–Crippen MR) is 54.6 cm³/mol. The van der Waals surface area contributed by atoms with Gasteiger partial charge in [0.2, 0.25) is 5.91 Å². The summed E-state index contributed by atoms with van der Waals surface area (Å²) in [6.07, 6.45) is 0.960. The van der Waals surface area contributed by atoms with E-state index in [0.717, 1.165) is 13.0 Å². The fraction of sp³-hybridized carbons (Fsp3) is 0.800. The van der Waals surface area contributed by atoms with Gasteiger partial charge in [-0.3, -0.25) is 4.79 Å². The van der Waals surface area contributed by atoms with Gasteiger partial charge < -0.3 is 14.8 Å². The minimum atomic E-state index is -1.29. The molecule has 0 radical (unpaired) electrons. The zero-order valence-electron chi connectivity index (χ0n) is 9.31. The quantitative estimate of drug-likeness (QED) is 0.709. The third-order valence-electron chi connectivity index (χ3n) is 3.61. The first-order valence-corrected chi connectivity index (χ1v) is 5.45. The molecule has 1 amide bonds. The van der Waals surface area contributed by atoms with Gasteiger partial charge in [-0.25, -0.2) is 4.79 Å². The summed E-state index contributed by atoms with van der Waals surface area (Å²) < 4.78 is 0. The molecule has 2 rings (SSSR count). The van der Waals surface area contributed by atoms with Crippen molar-refractivity contribution in [1.82, 2.24) is 9.96 Å². The summed E-state index contributed by atoms with van der Waals surface area (Å²) >= 11 is 0. The average molecular weight is 228 g/mol. The van der Waals surface area contributed by atoms with Crippen molar-refractivity contribution in [1.29, 1.82) is 0 Å². The summed E-state index contributed by atoms with van der Waals surface area (Å²) in [7, 11) is 1.82. The van der Waals surface area contributed by atoms with E-state index in [0.29, 0.717) is 25.9 Å². The molecule has 2 aliphatic heterocycles. The van der Waals surface area contributed by atoms with Crippen molar-refractivity contribution in [3.63, 3.8) is 0 Å². The Morgan fingerprint density at radius 2 is 1.88 bits per heavy atom. The Morgan fingerprint density at radius 1 is 1.31 bits per heavy atom. The second-order valence-corrected chi connectivity index (χ2v) is 4.54. The Labute approximate surface area is 93.7 Å². The molecule has 1 N–H and O–H groups in total. The number of likely N-dealkylation sites (tertiary alicyclic amines) is 1. The smallest absolute Gasteiger partial charge is 0.448 e. The lowest BCUT2D eigenvalue weighted by atomic mass is 9.77. The SMILES string of the molecule is CN1CCC2(CCN(OC(=O)O)CC2)C1=O. The minimum Gasteiger partial charge on any atom is -0.448 e. The molecule has 0 saturated carbocycles. The van der Waals surface area contributed by atoms with E-state index in [1.165, 1.54) is 5.06 Å². The summed E-state index contributed by atoms with van der Waals surface area (Å²) in [4.78, 5) is 28.7. The lowest BCUT2D eigenvalue weighted by Crippen LogP contribution is -2.44. The highest BCUT2D eigenvalue weighted by Crippen LogP contribution is 2.40. The van der Waals surface area contributed by atoms with Crippen molar-refractivity contribution in [3.05, 3.63) is 0 Å². The van der Waals surface area contributed by atoms with Crippen LogP contribution in [0.5, 0.6) is 0 Å². The van der Waals surface area contributed by atoms with Crippen LogP contribution in [-0.4, -0.2) is 53.8 Å². The van der Waals surface area contributed by atoms with Crippen molar-refractivity contribution in [3.8, 4) is 0 Å². The number of carboxylic acid groups (broad SMARTS) is 1. The Morgan fingerprint density at radius 3 is 2.31 bits per heavy atom. The summed E-state index contributed by atoms with van der Waals surface area (Å²) in [5.41, 5.74) is -0.257. The van der Waals surface area contributed by atoms with E-state index in [9.17, 15) is 9.59 Å². The number of carbonyl (C=O) groups excluding carboxylic acids is 1. The van der Waals surface area contributed by atoms with Crippen LogP contribution in [-0.2, 0) is 9.63 Å². The highest BCUT2D eigenvalue weighted by atomic mass is 16.8. The molecule has 6 heteroatoms. The molecule has 0 aromatic rings. The number of hydrogen-bond acceptors (Lipinski definition) is 4. The van der Waals surface area contributed by atoms with Crippen LogP contribution in [0, 0.1) is 5.41 Å². The second kappa shape index (κ2) is 3.93. The van der Waals surface area contributed by atoms with Gasteiger partial charge in [-0.05, 0) is 19.3 Å². The van der Waals surface area contributed by atoms with Crippen LogP contribution in [0.4, 0.5) is 4.79 Å². The van der Waals surface area contributed by atoms with Gasteiger partial charge in [0.05, 0.1) is 5.41 Å². The number of nitrogens with zero attached hydrogens (tertiary/aromatic N) is 2. The molecular formula is C10H16N2O4. The third-order valence-corrected chi connectivity index (χ3v) is 3.61. The summed E-state index contributed by atoms with van der Waals surface area (Å²) in [6.45, 7) is 1.82. The molecule has 0 aromatic heterocycles. The molecule has 90 valence electrons. The van der Waals surface area contributed by atoms with Crippen LogP contribution in [0.25, 0.3) is 0 Å². The molecule has 6 nitrogen and oxygen atoms in total. The third kappa shape index (κ3) is 1.84. The maximum absolute atomic E-state index is 12.0. The van der Waals surface area contributed by atoms with Gasteiger partial charge in [-0.15, -0.1) is 5.06 Å². The topological polar surface area (TPSA) is 70.1 Å². The van der Waals surface area contributed by atoms with E-state index < -0.39 is 6.16 Å². The van der Waals surface area contributed by atoms with E-state index in [1.807, 2.05) is 7.05 Å². The summed E-state index contributed by atoms with van der Waals surface area (Å²) in [5.74, 6) is 0.197. The number of amides is 1. The van der Waals surface area contributed by atoms with E-state index in [1.54, 1.807) is 4.90 Å². The Hall–Kier alpha value is -1.30. The highest BCUT2D eigenvalue weighted by molar-refractivity contribution is 5.84. The second-order valence-electron chi connectivity index (χ2n) is 4.54. The Bertz CT molecular complexity index is 310. The number of hydroxylamine groups is 2. The zero-order chi connectivity index (χ0) is 11.8. The zero-order valence-corrected chi connectivity index (χ0v) is 9.31. The van der Waals surface area contributed by atoms with Gasteiger partial charge in [0.25, 0.3) is 0 Å². The van der Waals surface area contributed by atoms with Gasteiger partial charge in [0.15, 0.2) is 0 Å². The van der Waals surface area contributed by atoms with Gasteiger partial charge >= 0.3 is 6.16 Å². The van der Waals surface area contributed by atoms with Crippen molar-refractivity contribution in [2.45, 2.75) is 19.3 Å². The molecule has 2 fully saturated rings. The number of hydrogen-bond donors (Lipinski definition) is 1. The van der Waals surface area contributed by atoms with E-state index in [2.05, 4.69) is 4.84 Å². The molecule has 2 aliphatic rings. The fourth-order valence-corrected chi connectivity index (χ4v) is 2.57. The molecule has 0 unspecified atom stereocenters. The van der Waals surface area contributed by atoms with Crippen LogP contribution in [0.1, 0.15) is 19.3 Å². The maximum atomic E-state index is 12.0. The molecule has 2 heterocycles. The van der Waals surface area contributed by atoms with Crippen molar-refractivity contribution >= 4 is 12.1 Å². The van der Waals surface area contributed by atoms with Crippen LogP contribution in [0.2, 0.25) is 0 Å². The van der Waals surface area contributed by atoms with Crippen LogP contribution in [0.3, 0.4) is 0 Å². The first-order chi connectivity index (χ1) is 7.53. The van der Waals surface area contributed by atoms with E-state index in [-0.39, 0.29) is 11.3 Å². The molecular weight excluding hydrogens is 212 g/mol. The molecule has 16 heavy (non-hydrogen) atoms. The molecule has 2 saturated heterocycles. The van der Waals surface area contributed by atoms with E-state index in [4.69, 9.17) is 5.11 Å². The lowest BCUT2D eigenvalue weighted by Gasteiger charge is -2.35. The van der Waals surface area contributed by atoms with Gasteiger partial charge in [0, 0.05) is 26.7 Å². The minimum absolute atomic E-state index is 0.197. The summed E-state index contributed by atoms with van der Waals surface area (Å²) in [5, 5.41) is 9.89. The Balaban J connectivity index is 1.94. The first kappa shape index (κ1) is 11.2. The number of carbonyl (C=O) groups is 2. The van der Waals surface area contributed by atoms with Crippen molar-refractivity contribution in [2.75, 3.05) is 26.7 Å². The molecule has 0 aliphatic carbocycles. The van der Waals surface area contributed by atoms with Gasteiger partial charge in [-0.1, -0.05) is 0 Å². The predicted octanol–water partition coefficient (Wildman–Crippen LogP) is 0.540. The number of piperidine rings is 1. The van der Waals surface area contributed by atoms with Gasteiger partial charge in [0.1, 0.15) is 0 Å². The van der Waals surface area contributed by atoms with Gasteiger partial charge in [-0.2, -0.15) is 0 Å². The first-order valence-electron chi connectivity index (χ1n) is 5.45. The normalized spacial score (nSPS) is 25.1. The van der Waals surface area contributed by atoms with E-state index >= 15 is 0 Å². The monoisotopic (exact) mass is 228 g/mol. The van der Waals surface area contributed by atoms with Crippen LogP contribution >= 0.6 is 0 Å². The molecule has 0 bridgehead atoms. The van der Waals surface area contributed by atoms with Crippen molar-refractivity contribution in [2.24, 2.45) is 5.41 Å². The fourth-order valence-electron chi connectivity index (χ4n) is 2.57. The Kier molecular flexibility index (Phi) is 2.75. The lowest BCUT2D eigenvalue weighted by molar-refractivity contribution is -0.157. The standard InChI is InChI=1S/C10H16N2O4/c1-11-5-2-10(8(11)13)3-6-12(7-4-10)16-9(14)15/h2-7H2,1H3,(H,14,15).